The first kappa shape index (κ1) is 32.0. The summed E-state index contributed by atoms with van der Waals surface area (Å²) in [6.07, 6.45) is 0. The molecule has 0 aliphatic carbocycles. The van der Waals surface area contributed by atoms with Gasteiger partial charge in [0, 0.05) is 56.1 Å². The molecule has 0 aliphatic rings. The van der Waals surface area contributed by atoms with Gasteiger partial charge in [0.15, 0.2) is 23.1 Å². The summed E-state index contributed by atoms with van der Waals surface area (Å²) in [5, 5.41) is 0. The van der Waals surface area contributed by atoms with Gasteiger partial charge in [0.25, 0.3) is 0 Å². The molecule has 0 amide bonds. The van der Waals surface area contributed by atoms with Crippen LogP contribution in [0.1, 0.15) is 63.7 Å². The first-order valence-corrected chi connectivity index (χ1v) is 15.2. The molecule has 0 unspecified atom stereocenters. The maximum absolute atomic E-state index is 14.2. The zero-order chi connectivity index (χ0) is 34.7. The Balaban J connectivity index is 1.53. The minimum atomic E-state index is -0.519. The van der Waals surface area contributed by atoms with Gasteiger partial charge >= 0.3 is 0 Å². The van der Waals surface area contributed by atoms with Gasteiger partial charge in [0.05, 0.1) is 11.1 Å². The van der Waals surface area contributed by atoms with E-state index in [2.05, 4.69) is 0 Å². The van der Waals surface area contributed by atoms with Crippen molar-refractivity contribution in [1.82, 2.24) is 0 Å². The average molecular weight is 647 g/mol. The maximum atomic E-state index is 14.2. The van der Waals surface area contributed by atoms with Crippen LogP contribution in [0.2, 0.25) is 0 Å². The molecule has 0 atom stereocenters. The van der Waals surface area contributed by atoms with Crippen molar-refractivity contribution in [3.8, 4) is 11.5 Å². The van der Waals surface area contributed by atoms with E-state index in [1.54, 1.807) is 109 Å². The van der Waals surface area contributed by atoms with Crippen molar-refractivity contribution in [3.63, 3.8) is 0 Å². The van der Waals surface area contributed by atoms with Crippen molar-refractivity contribution < 1.29 is 23.9 Å². The van der Waals surface area contributed by atoms with Crippen LogP contribution in [-0.4, -0.2) is 23.1 Å². The summed E-state index contributed by atoms with van der Waals surface area (Å²) in [5.41, 5.74) is 26.4. The van der Waals surface area contributed by atoms with Gasteiger partial charge in [0.2, 0.25) is 0 Å². The van der Waals surface area contributed by atoms with Crippen LogP contribution in [0, 0.1) is 0 Å². The predicted octanol–water partition coefficient (Wildman–Crippen LogP) is 6.73. The lowest BCUT2D eigenvalue weighted by atomic mass is 9.91. The lowest BCUT2D eigenvalue weighted by Gasteiger charge is -2.18. The van der Waals surface area contributed by atoms with E-state index < -0.39 is 23.1 Å². The van der Waals surface area contributed by atoms with E-state index in [4.69, 9.17) is 27.7 Å². The lowest BCUT2D eigenvalue weighted by Crippen LogP contribution is -2.15. The molecule has 49 heavy (non-hydrogen) atoms. The van der Waals surface area contributed by atoms with Gasteiger partial charge in [-0.3, -0.25) is 19.2 Å². The fourth-order valence-corrected chi connectivity index (χ4v) is 5.34. The molecular weight excluding hydrogens is 616 g/mol. The number of benzene rings is 6. The van der Waals surface area contributed by atoms with Crippen LogP contribution < -0.4 is 27.7 Å². The molecule has 0 aromatic heterocycles. The van der Waals surface area contributed by atoms with E-state index in [1.807, 2.05) is 0 Å². The largest absolute Gasteiger partial charge is 0.456 e. The SMILES string of the molecule is Nc1ccc(C(=O)c2cccc(Oc3cccc(C(=O)c4ccc(N)cc4)c3C(=O)c3ccc(N)cc3)c2C(=O)c2ccc(N)cc2)cc1. The molecule has 0 aliphatic heterocycles. The zero-order valence-corrected chi connectivity index (χ0v) is 26.1. The van der Waals surface area contributed by atoms with Crippen LogP contribution in [0.25, 0.3) is 0 Å². The first-order valence-electron chi connectivity index (χ1n) is 15.2. The summed E-state index contributed by atoms with van der Waals surface area (Å²) < 4.78 is 6.43. The Hall–Kier alpha value is -7.00. The van der Waals surface area contributed by atoms with Gasteiger partial charge in [-0.1, -0.05) is 24.3 Å². The second-order valence-electron chi connectivity index (χ2n) is 11.3. The molecule has 0 fully saturated rings. The van der Waals surface area contributed by atoms with Crippen LogP contribution in [0.3, 0.4) is 0 Å². The van der Waals surface area contributed by atoms with Gasteiger partial charge in [0.1, 0.15) is 11.5 Å². The topological polar surface area (TPSA) is 182 Å². The number of anilines is 4. The highest BCUT2D eigenvalue weighted by Crippen LogP contribution is 2.36. The predicted molar refractivity (Wildman–Crippen MR) is 190 cm³/mol. The van der Waals surface area contributed by atoms with Crippen molar-refractivity contribution in [3.05, 3.63) is 178 Å². The fourth-order valence-electron chi connectivity index (χ4n) is 5.34. The van der Waals surface area contributed by atoms with Gasteiger partial charge in [-0.25, -0.2) is 0 Å². The van der Waals surface area contributed by atoms with Gasteiger partial charge in [-0.05, 0) is 109 Å². The number of hydrogen-bond donors (Lipinski definition) is 4. The van der Waals surface area contributed by atoms with E-state index in [9.17, 15) is 19.2 Å². The summed E-state index contributed by atoms with van der Waals surface area (Å²) in [6, 6.07) is 34.4. The Kier molecular flexibility index (Phi) is 8.73. The molecule has 9 nitrogen and oxygen atoms in total. The van der Waals surface area contributed by atoms with Crippen LogP contribution in [0.4, 0.5) is 22.7 Å². The standard InChI is InChI=1S/C40H30N4O5/c41-27-15-7-23(8-16-27)37(45)31-3-1-5-33(35(31)39(47)25-11-19-29(43)20-12-25)49-34-6-2-4-32(38(46)24-9-17-28(42)18-10-24)36(34)40(48)26-13-21-30(44)22-14-26/h1-22H,41-44H2. The average Bonchev–Trinajstić information content (AvgIpc) is 3.11. The van der Waals surface area contributed by atoms with Crippen molar-refractivity contribution in [2.75, 3.05) is 22.9 Å². The Morgan fingerprint density at radius 1 is 0.347 bits per heavy atom. The second-order valence-corrected chi connectivity index (χ2v) is 11.3. The number of nitrogen functional groups attached to an aromatic ring is 4. The second kappa shape index (κ2) is 13.4. The molecule has 0 spiro atoms. The van der Waals surface area contributed by atoms with Crippen LogP contribution in [-0.2, 0) is 0 Å². The van der Waals surface area contributed by atoms with E-state index in [-0.39, 0.29) is 44.9 Å². The van der Waals surface area contributed by atoms with Gasteiger partial charge in [-0.15, -0.1) is 0 Å². The number of carbonyl (C=O) groups excluding carboxylic acids is 4. The normalized spacial score (nSPS) is 10.7. The third kappa shape index (κ3) is 6.63. The van der Waals surface area contributed by atoms with Crippen LogP contribution in [0.15, 0.2) is 133 Å². The number of ketones is 4. The number of rotatable bonds is 10. The fraction of sp³-hybridized carbons (Fsp3) is 0. The Bertz CT molecular complexity index is 2070. The zero-order valence-electron chi connectivity index (χ0n) is 26.1. The van der Waals surface area contributed by atoms with Crippen LogP contribution >= 0.6 is 0 Å². The van der Waals surface area contributed by atoms with Crippen molar-refractivity contribution in [1.29, 1.82) is 0 Å². The molecule has 0 saturated carbocycles. The number of hydrogen-bond acceptors (Lipinski definition) is 9. The third-order valence-corrected chi connectivity index (χ3v) is 7.91. The highest BCUT2D eigenvalue weighted by Gasteiger charge is 2.28. The Morgan fingerprint density at radius 2 is 0.612 bits per heavy atom. The highest BCUT2D eigenvalue weighted by atomic mass is 16.5. The molecule has 0 radical (unpaired) electrons. The summed E-state index contributed by atoms with van der Waals surface area (Å²) >= 11 is 0. The monoisotopic (exact) mass is 646 g/mol. The smallest absolute Gasteiger partial charge is 0.197 e. The molecule has 6 aromatic rings. The molecule has 6 rings (SSSR count). The maximum Gasteiger partial charge on any atom is 0.197 e. The number of carbonyl (C=O) groups is 4. The number of nitrogens with two attached hydrogens (primary N) is 4. The quantitative estimate of drug-likeness (QED) is 0.0926. The molecule has 9 heteroatoms. The molecule has 0 bridgehead atoms. The number of ether oxygens (including phenoxy) is 1. The Morgan fingerprint density at radius 3 is 0.898 bits per heavy atom. The molecule has 240 valence electrons. The third-order valence-electron chi connectivity index (χ3n) is 7.91. The molecule has 0 heterocycles. The van der Waals surface area contributed by atoms with E-state index in [0.717, 1.165) is 0 Å². The van der Waals surface area contributed by atoms with Crippen LogP contribution in [0.5, 0.6) is 11.5 Å². The summed E-state index contributed by atoms with van der Waals surface area (Å²) in [6.45, 7) is 0. The molecular formula is C40H30N4O5. The molecule has 6 aromatic carbocycles. The molecule has 8 N–H and O–H groups in total. The van der Waals surface area contributed by atoms with Gasteiger partial charge < -0.3 is 27.7 Å². The van der Waals surface area contributed by atoms with Gasteiger partial charge in [-0.2, -0.15) is 0 Å². The highest BCUT2D eigenvalue weighted by molar-refractivity contribution is 6.22. The molecule has 0 saturated heterocycles. The van der Waals surface area contributed by atoms with Crippen molar-refractivity contribution in [2.24, 2.45) is 0 Å². The summed E-state index contributed by atoms with van der Waals surface area (Å²) in [5.74, 6) is -1.95. The van der Waals surface area contributed by atoms with Crippen molar-refractivity contribution >= 4 is 45.9 Å². The minimum absolute atomic E-state index is 0.00782. The Labute approximate surface area is 281 Å². The minimum Gasteiger partial charge on any atom is -0.456 e. The first-order chi connectivity index (χ1) is 23.6. The summed E-state index contributed by atoms with van der Waals surface area (Å²) in [7, 11) is 0. The van der Waals surface area contributed by atoms with E-state index in [0.29, 0.717) is 33.9 Å². The van der Waals surface area contributed by atoms with E-state index >= 15 is 0 Å². The van der Waals surface area contributed by atoms with E-state index in [1.165, 1.54) is 24.3 Å². The van der Waals surface area contributed by atoms with Crippen molar-refractivity contribution in [2.45, 2.75) is 0 Å². The summed E-state index contributed by atoms with van der Waals surface area (Å²) in [4.78, 5) is 56.2. The lowest BCUT2D eigenvalue weighted by molar-refractivity contribution is 0.0998.